The third-order valence-corrected chi connectivity index (χ3v) is 11.5. The summed E-state index contributed by atoms with van der Waals surface area (Å²) in [5.74, 6) is -0.632. The molecule has 4 aliphatic rings. The maximum absolute atomic E-state index is 17.1. The van der Waals surface area contributed by atoms with Crippen molar-refractivity contribution in [3.8, 4) is 29.0 Å². The predicted molar refractivity (Wildman–Crippen MR) is 168 cm³/mol. The Bertz CT molecular complexity index is 1930. The SMILES string of the molecule is CCC1CCC2COc3c(Cl)c(-c4ccc(F)c5sc(N)c(C#N)c45)c(F)c4nc(OC[C@@]56CCCN5C[C@H](F)C6)nc(c34)N12. The molecule has 0 radical (unpaired) electrons. The minimum absolute atomic E-state index is 0.0108. The van der Waals surface area contributed by atoms with Crippen LogP contribution in [0.3, 0.4) is 0 Å². The minimum atomic E-state index is -0.925. The Morgan fingerprint density at radius 2 is 2.11 bits per heavy atom. The number of aromatic nitrogens is 2. The lowest BCUT2D eigenvalue weighted by atomic mass is 9.95. The summed E-state index contributed by atoms with van der Waals surface area (Å²) < 4.78 is 59.3. The van der Waals surface area contributed by atoms with E-state index >= 15 is 4.39 Å². The molecule has 2 unspecified atom stereocenters. The fourth-order valence-corrected chi connectivity index (χ4v) is 9.35. The molecule has 13 heteroatoms. The smallest absolute Gasteiger partial charge is 0.319 e. The largest absolute Gasteiger partial charge is 0.489 e. The number of alkyl halides is 1. The van der Waals surface area contributed by atoms with Crippen molar-refractivity contribution >= 4 is 54.7 Å². The average molecular weight is 655 g/mol. The Morgan fingerprint density at radius 3 is 2.91 bits per heavy atom. The first kappa shape index (κ1) is 28.9. The maximum Gasteiger partial charge on any atom is 0.319 e. The van der Waals surface area contributed by atoms with Gasteiger partial charge in [0.15, 0.2) is 11.6 Å². The Balaban J connectivity index is 1.36. The Morgan fingerprint density at radius 1 is 1.27 bits per heavy atom. The summed E-state index contributed by atoms with van der Waals surface area (Å²) in [6.07, 6.45) is 3.84. The third-order valence-electron chi connectivity index (χ3n) is 10.1. The summed E-state index contributed by atoms with van der Waals surface area (Å²) in [7, 11) is 0. The first-order valence-electron chi connectivity index (χ1n) is 15.3. The van der Waals surface area contributed by atoms with Crippen molar-refractivity contribution in [3.63, 3.8) is 0 Å². The van der Waals surface area contributed by atoms with Gasteiger partial charge in [-0.2, -0.15) is 15.2 Å². The zero-order chi connectivity index (χ0) is 31.2. The number of ether oxygens (including phenoxy) is 2. The summed E-state index contributed by atoms with van der Waals surface area (Å²) in [5, 5.41) is 10.5. The monoisotopic (exact) mass is 654 g/mol. The fraction of sp³-hybridized carbons (Fsp3) is 0.469. The lowest BCUT2D eigenvalue weighted by molar-refractivity contribution is 0.107. The van der Waals surface area contributed by atoms with Crippen molar-refractivity contribution < 1.29 is 22.6 Å². The number of hydrogen-bond acceptors (Lipinski definition) is 9. The molecule has 4 atom stereocenters. The zero-order valence-corrected chi connectivity index (χ0v) is 26.1. The van der Waals surface area contributed by atoms with Crippen LogP contribution in [0.2, 0.25) is 5.02 Å². The Kier molecular flexibility index (Phi) is 6.75. The van der Waals surface area contributed by atoms with Crippen LogP contribution in [0.4, 0.5) is 24.0 Å². The van der Waals surface area contributed by atoms with Gasteiger partial charge < -0.3 is 20.1 Å². The first-order chi connectivity index (χ1) is 21.7. The van der Waals surface area contributed by atoms with Crippen LogP contribution in [0.15, 0.2) is 12.1 Å². The Labute approximate surface area is 266 Å². The van der Waals surface area contributed by atoms with Crippen LogP contribution in [-0.4, -0.2) is 65.0 Å². The number of nitrogens with zero attached hydrogens (tertiary/aromatic N) is 5. The van der Waals surface area contributed by atoms with E-state index in [1.807, 2.05) is 6.07 Å². The van der Waals surface area contributed by atoms with E-state index in [9.17, 15) is 14.0 Å². The van der Waals surface area contributed by atoms with Gasteiger partial charge in [0.2, 0.25) is 0 Å². The normalized spacial score (nSPS) is 25.8. The van der Waals surface area contributed by atoms with Crippen LogP contribution in [0.1, 0.15) is 51.0 Å². The standard InChI is InChI=1S/C32H30ClF3N6O2S/c1-2-16-4-5-17-13-43-27-23-26(25(36)22(24(27)33)18-6-7-20(35)28-21(18)19(11-37)29(38)45-28)39-31(40-30(23)42(16)17)44-14-32-8-3-9-41(32)12-15(34)10-32/h6-7,15-17H,2-5,8-10,12-14,38H2,1H3/t15-,16?,17?,32+/m1/s1. The molecule has 8 rings (SSSR count). The number of thiophene rings is 1. The molecule has 3 saturated heterocycles. The highest BCUT2D eigenvalue weighted by Gasteiger charge is 2.49. The highest BCUT2D eigenvalue weighted by molar-refractivity contribution is 7.23. The highest BCUT2D eigenvalue weighted by Crippen LogP contribution is 2.52. The summed E-state index contributed by atoms with van der Waals surface area (Å²) in [5.41, 5.74) is 5.78. The van der Waals surface area contributed by atoms with Gasteiger partial charge in [-0.25, -0.2) is 13.2 Å². The molecule has 2 N–H and O–H groups in total. The molecule has 6 heterocycles. The summed E-state index contributed by atoms with van der Waals surface area (Å²) in [6, 6.07) is 4.76. The third kappa shape index (κ3) is 4.20. The number of rotatable bonds is 5. The predicted octanol–water partition coefficient (Wildman–Crippen LogP) is 6.99. The molecule has 45 heavy (non-hydrogen) atoms. The lowest BCUT2D eigenvalue weighted by Gasteiger charge is -2.32. The van der Waals surface area contributed by atoms with Crippen molar-refractivity contribution in [2.75, 3.05) is 36.9 Å². The van der Waals surface area contributed by atoms with E-state index in [4.69, 9.17) is 31.8 Å². The molecule has 4 aromatic rings. The van der Waals surface area contributed by atoms with Gasteiger partial charge in [-0.1, -0.05) is 24.6 Å². The lowest BCUT2D eigenvalue weighted by Crippen LogP contribution is -2.43. The number of nitrogens with two attached hydrogens (primary N) is 1. The topological polar surface area (TPSA) is 101 Å². The molecule has 0 spiro atoms. The second kappa shape index (κ2) is 10.5. The van der Waals surface area contributed by atoms with Crippen LogP contribution >= 0.6 is 22.9 Å². The van der Waals surface area contributed by atoms with Crippen molar-refractivity contribution in [2.24, 2.45) is 0 Å². The molecule has 8 nitrogen and oxygen atoms in total. The van der Waals surface area contributed by atoms with Gasteiger partial charge in [-0.3, -0.25) is 4.90 Å². The average Bonchev–Trinajstić information content (AvgIpc) is 3.75. The van der Waals surface area contributed by atoms with Gasteiger partial charge >= 0.3 is 6.01 Å². The molecule has 234 valence electrons. The number of benzene rings is 2. The van der Waals surface area contributed by atoms with Crippen LogP contribution in [0.5, 0.6) is 11.8 Å². The van der Waals surface area contributed by atoms with Gasteiger partial charge in [0.1, 0.15) is 47.6 Å². The van der Waals surface area contributed by atoms with E-state index in [0.29, 0.717) is 30.8 Å². The zero-order valence-electron chi connectivity index (χ0n) is 24.5. The first-order valence-corrected chi connectivity index (χ1v) is 16.5. The second-order valence-electron chi connectivity index (χ2n) is 12.5. The van der Waals surface area contributed by atoms with Crippen LogP contribution in [0.25, 0.3) is 32.1 Å². The molecular formula is C32H30ClF3N6O2S. The van der Waals surface area contributed by atoms with E-state index in [1.165, 1.54) is 12.1 Å². The van der Waals surface area contributed by atoms with Gasteiger partial charge in [-0.15, -0.1) is 11.3 Å². The summed E-state index contributed by atoms with van der Waals surface area (Å²) in [6.45, 7) is 3.77. The van der Waals surface area contributed by atoms with Crippen molar-refractivity contribution in [2.45, 2.75) is 69.2 Å². The molecule has 0 saturated carbocycles. The highest BCUT2D eigenvalue weighted by atomic mass is 35.5. The Hall–Kier alpha value is -3.53. The van der Waals surface area contributed by atoms with Gasteiger partial charge in [0, 0.05) is 30.0 Å². The fourth-order valence-electron chi connectivity index (χ4n) is 8.07. The van der Waals surface area contributed by atoms with Gasteiger partial charge in [0.25, 0.3) is 0 Å². The van der Waals surface area contributed by atoms with Gasteiger partial charge in [-0.05, 0) is 50.3 Å². The molecule has 3 fully saturated rings. The molecule has 4 aliphatic heterocycles. The van der Waals surface area contributed by atoms with Crippen molar-refractivity contribution in [1.82, 2.24) is 14.9 Å². The molecule has 0 aliphatic carbocycles. The van der Waals surface area contributed by atoms with Crippen LogP contribution in [0, 0.1) is 23.0 Å². The summed E-state index contributed by atoms with van der Waals surface area (Å²) >= 11 is 7.94. The molecule has 0 bridgehead atoms. The van der Waals surface area contributed by atoms with E-state index < -0.39 is 23.3 Å². The molecular weight excluding hydrogens is 625 g/mol. The maximum atomic E-state index is 17.1. The van der Waals surface area contributed by atoms with E-state index in [0.717, 1.165) is 50.0 Å². The number of hydrogen-bond donors (Lipinski definition) is 1. The minimum Gasteiger partial charge on any atom is -0.489 e. The van der Waals surface area contributed by atoms with E-state index in [2.05, 4.69) is 21.7 Å². The van der Waals surface area contributed by atoms with Crippen molar-refractivity contribution in [1.29, 1.82) is 5.26 Å². The molecule has 0 amide bonds. The molecule has 2 aromatic carbocycles. The van der Waals surface area contributed by atoms with E-state index in [1.54, 1.807) is 0 Å². The van der Waals surface area contributed by atoms with Crippen LogP contribution < -0.4 is 20.1 Å². The van der Waals surface area contributed by atoms with Crippen LogP contribution in [-0.2, 0) is 0 Å². The number of halogens is 4. The van der Waals surface area contributed by atoms with Crippen molar-refractivity contribution in [3.05, 3.63) is 34.4 Å². The second-order valence-corrected chi connectivity index (χ2v) is 13.9. The van der Waals surface area contributed by atoms with E-state index in [-0.39, 0.29) is 72.8 Å². The van der Waals surface area contributed by atoms with Gasteiger partial charge in [0.05, 0.1) is 32.3 Å². The summed E-state index contributed by atoms with van der Waals surface area (Å²) in [4.78, 5) is 13.8. The number of fused-ring (bicyclic) bond motifs is 4. The number of anilines is 2. The number of nitriles is 1. The quantitative estimate of drug-likeness (QED) is 0.246. The molecule has 2 aromatic heterocycles. The number of nitrogen functional groups attached to an aromatic ring is 1.